The van der Waals surface area contributed by atoms with Crippen molar-refractivity contribution in [2.45, 2.75) is 50.8 Å². The van der Waals surface area contributed by atoms with E-state index in [9.17, 15) is 18.3 Å². The average molecular weight is 581 g/mol. The number of carbonyl (C=O) groups is 1. The summed E-state index contributed by atoms with van der Waals surface area (Å²) in [7, 11) is -2.43. The Balaban J connectivity index is 1.57. The van der Waals surface area contributed by atoms with E-state index < -0.39 is 22.2 Å². The molecular weight excluding hydrogens is 544 g/mol. The normalized spacial score (nSPS) is 13.4. The third kappa shape index (κ3) is 7.46. The zero-order valence-corrected chi connectivity index (χ0v) is 24.5. The molecule has 2 N–H and O–H groups in total. The Kier molecular flexibility index (Phi) is 9.69. The quantitative estimate of drug-likeness (QED) is 0.246. The molecule has 0 bridgehead atoms. The standard InChI is InChI=1S/C29H36N6O5S/c1-20(2)15-35(41(38,39)24-12-10-23(40-4)11-13-24)16-26(36)25(14-22-8-6-5-7-9-22)33-27(37)17-34-19-32-28-21(3)30-18-31-29(28)34/h5-13,18-20,25-26,36H,14-17H2,1-4H3,(H,33,37)/t25-,26+/m0/s1. The maximum Gasteiger partial charge on any atom is 0.243 e. The number of hydrogen-bond donors (Lipinski definition) is 2. The molecule has 2 aromatic heterocycles. The van der Waals surface area contributed by atoms with Gasteiger partial charge in [-0.1, -0.05) is 44.2 Å². The Morgan fingerprint density at radius 3 is 2.41 bits per heavy atom. The van der Waals surface area contributed by atoms with Crippen LogP contribution in [-0.4, -0.2) is 75.6 Å². The van der Waals surface area contributed by atoms with Crippen LogP contribution in [0.15, 0.2) is 72.1 Å². The summed E-state index contributed by atoms with van der Waals surface area (Å²) in [6.07, 6.45) is 2.05. The highest BCUT2D eigenvalue weighted by Crippen LogP contribution is 2.22. The van der Waals surface area contributed by atoms with Crippen molar-refractivity contribution in [3.63, 3.8) is 0 Å². The number of rotatable bonds is 13. The van der Waals surface area contributed by atoms with Crippen molar-refractivity contribution >= 4 is 27.1 Å². The van der Waals surface area contributed by atoms with Crippen molar-refractivity contribution in [2.24, 2.45) is 5.92 Å². The van der Waals surface area contributed by atoms with Gasteiger partial charge in [-0.2, -0.15) is 4.31 Å². The summed E-state index contributed by atoms with van der Waals surface area (Å²) in [6.45, 7) is 5.55. The lowest BCUT2D eigenvalue weighted by Crippen LogP contribution is -2.51. The van der Waals surface area contributed by atoms with Gasteiger partial charge in [-0.25, -0.2) is 23.4 Å². The van der Waals surface area contributed by atoms with Gasteiger partial charge in [0.25, 0.3) is 0 Å². The first-order valence-corrected chi connectivity index (χ1v) is 14.8. The minimum Gasteiger partial charge on any atom is -0.497 e. The van der Waals surface area contributed by atoms with E-state index in [1.54, 1.807) is 16.7 Å². The number of sulfonamides is 1. The van der Waals surface area contributed by atoms with Crippen molar-refractivity contribution in [1.82, 2.24) is 29.1 Å². The lowest BCUT2D eigenvalue weighted by atomic mass is 10.0. The second-order valence-electron chi connectivity index (χ2n) is 10.3. The molecule has 2 aromatic carbocycles. The minimum absolute atomic E-state index is 0.00245. The molecule has 4 aromatic rings. The van der Waals surface area contributed by atoms with E-state index in [-0.39, 0.29) is 36.4 Å². The van der Waals surface area contributed by atoms with Gasteiger partial charge in [0, 0.05) is 13.1 Å². The fourth-order valence-corrected chi connectivity index (χ4v) is 6.20. The van der Waals surface area contributed by atoms with E-state index >= 15 is 0 Å². The lowest BCUT2D eigenvalue weighted by Gasteiger charge is -2.31. The van der Waals surface area contributed by atoms with E-state index in [1.807, 2.05) is 51.1 Å². The van der Waals surface area contributed by atoms with Crippen LogP contribution in [-0.2, 0) is 27.8 Å². The fraction of sp³-hybridized carbons (Fsp3) is 0.379. The van der Waals surface area contributed by atoms with E-state index in [4.69, 9.17) is 4.74 Å². The molecule has 0 radical (unpaired) electrons. The highest BCUT2D eigenvalue weighted by molar-refractivity contribution is 7.89. The Morgan fingerprint density at radius 2 is 1.76 bits per heavy atom. The third-order valence-corrected chi connectivity index (χ3v) is 8.51. The van der Waals surface area contributed by atoms with Crippen LogP contribution < -0.4 is 10.1 Å². The molecule has 2 heterocycles. The van der Waals surface area contributed by atoms with Crippen LogP contribution in [0.1, 0.15) is 25.1 Å². The molecule has 2 atom stereocenters. The molecule has 0 spiro atoms. The number of aromatic nitrogens is 4. The van der Waals surface area contributed by atoms with Crippen LogP contribution >= 0.6 is 0 Å². The van der Waals surface area contributed by atoms with Crippen LogP contribution in [0.3, 0.4) is 0 Å². The molecule has 0 aliphatic heterocycles. The molecule has 1 amide bonds. The summed E-state index contributed by atoms with van der Waals surface area (Å²) in [6, 6.07) is 14.8. The minimum atomic E-state index is -3.94. The first-order chi connectivity index (χ1) is 19.6. The number of nitrogens with zero attached hydrogens (tertiary/aromatic N) is 5. The predicted octanol–water partition coefficient (Wildman–Crippen LogP) is 2.58. The van der Waals surface area contributed by atoms with E-state index in [2.05, 4.69) is 20.3 Å². The maximum absolute atomic E-state index is 13.6. The van der Waals surface area contributed by atoms with Crippen LogP contribution in [0.4, 0.5) is 0 Å². The van der Waals surface area contributed by atoms with E-state index in [0.29, 0.717) is 29.0 Å². The van der Waals surface area contributed by atoms with Crippen molar-refractivity contribution in [2.75, 3.05) is 20.2 Å². The summed E-state index contributed by atoms with van der Waals surface area (Å²) in [4.78, 5) is 26.0. The molecule has 41 heavy (non-hydrogen) atoms. The molecule has 12 heteroatoms. The summed E-state index contributed by atoms with van der Waals surface area (Å²) < 4.78 is 35.3. The summed E-state index contributed by atoms with van der Waals surface area (Å²) in [5, 5.41) is 14.4. The fourth-order valence-electron chi connectivity index (χ4n) is 4.58. The Bertz CT molecular complexity index is 1560. The van der Waals surface area contributed by atoms with E-state index in [1.165, 1.54) is 36.2 Å². The second kappa shape index (κ2) is 13.2. The van der Waals surface area contributed by atoms with Crippen molar-refractivity contribution in [1.29, 1.82) is 0 Å². The van der Waals surface area contributed by atoms with Gasteiger partial charge in [-0.3, -0.25) is 4.79 Å². The smallest absolute Gasteiger partial charge is 0.243 e. The number of imidazole rings is 1. The third-order valence-electron chi connectivity index (χ3n) is 6.66. The molecular formula is C29H36N6O5S. The van der Waals surface area contributed by atoms with Crippen LogP contribution in [0.2, 0.25) is 0 Å². The monoisotopic (exact) mass is 580 g/mol. The van der Waals surface area contributed by atoms with Gasteiger partial charge in [0.05, 0.1) is 36.2 Å². The van der Waals surface area contributed by atoms with E-state index in [0.717, 1.165) is 5.56 Å². The Morgan fingerprint density at radius 1 is 1.05 bits per heavy atom. The van der Waals surface area contributed by atoms with Gasteiger partial charge >= 0.3 is 0 Å². The van der Waals surface area contributed by atoms with Crippen molar-refractivity contribution in [3.05, 3.63) is 78.5 Å². The SMILES string of the molecule is COc1ccc(S(=O)(=O)N(CC(C)C)C[C@@H](O)[C@H](Cc2ccccc2)NC(=O)Cn2cnc3c(C)ncnc32)cc1. The summed E-state index contributed by atoms with van der Waals surface area (Å²) in [5.41, 5.74) is 2.73. The molecule has 0 fully saturated rings. The molecule has 0 aliphatic carbocycles. The molecule has 4 rings (SSSR count). The van der Waals surface area contributed by atoms with Gasteiger partial charge in [0.15, 0.2) is 5.65 Å². The van der Waals surface area contributed by atoms with Gasteiger partial charge in [-0.15, -0.1) is 0 Å². The number of methoxy groups -OCH3 is 1. The molecule has 11 nitrogen and oxygen atoms in total. The van der Waals surface area contributed by atoms with Gasteiger partial charge in [-0.05, 0) is 49.1 Å². The Hall–Kier alpha value is -3.87. The van der Waals surface area contributed by atoms with Gasteiger partial charge < -0.3 is 19.7 Å². The number of benzene rings is 2. The molecule has 218 valence electrons. The second-order valence-corrected chi connectivity index (χ2v) is 12.3. The number of carbonyl (C=O) groups excluding carboxylic acids is 1. The number of fused-ring (bicyclic) bond motifs is 1. The van der Waals surface area contributed by atoms with Gasteiger partial charge in [0.1, 0.15) is 24.1 Å². The van der Waals surface area contributed by atoms with Crippen molar-refractivity contribution < 1.29 is 23.1 Å². The topological polar surface area (TPSA) is 140 Å². The number of nitrogens with one attached hydrogen (secondary N) is 1. The summed E-state index contributed by atoms with van der Waals surface area (Å²) >= 11 is 0. The highest BCUT2D eigenvalue weighted by Gasteiger charge is 2.31. The molecule has 0 aliphatic rings. The number of ether oxygens (including phenoxy) is 1. The average Bonchev–Trinajstić information content (AvgIpc) is 3.36. The number of aliphatic hydroxyl groups excluding tert-OH is 1. The molecule has 0 unspecified atom stereocenters. The molecule has 0 saturated carbocycles. The van der Waals surface area contributed by atoms with Crippen molar-refractivity contribution in [3.8, 4) is 5.75 Å². The number of amides is 1. The summed E-state index contributed by atoms with van der Waals surface area (Å²) in [5.74, 6) is 0.170. The lowest BCUT2D eigenvalue weighted by molar-refractivity contribution is -0.123. The first kappa shape index (κ1) is 30.1. The van der Waals surface area contributed by atoms with Gasteiger partial charge in [0.2, 0.25) is 15.9 Å². The molecule has 0 saturated heterocycles. The zero-order chi connectivity index (χ0) is 29.6. The van der Waals surface area contributed by atoms with Crippen LogP contribution in [0.5, 0.6) is 5.75 Å². The largest absolute Gasteiger partial charge is 0.497 e. The number of aryl methyl sites for hydroxylation is 1. The van der Waals surface area contributed by atoms with Crippen LogP contribution in [0, 0.1) is 12.8 Å². The van der Waals surface area contributed by atoms with Crippen LogP contribution in [0.25, 0.3) is 11.2 Å². The number of hydrogen-bond acceptors (Lipinski definition) is 8. The predicted molar refractivity (Wildman–Crippen MR) is 155 cm³/mol. The highest BCUT2D eigenvalue weighted by atomic mass is 32.2. The zero-order valence-electron chi connectivity index (χ0n) is 23.6. The Labute approximate surface area is 240 Å². The first-order valence-electron chi connectivity index (χ1n) is 13.4. The maximum atomic E-state index is 13.6. The number of aliphatic hydroxyl groups is 1.